The molecule has 1 aliphatic heterocycles. The van der Waals surface area contributed by atoms with Crippen molar-refractivity contribution in [2.45, 2.75) is 45.1 Å². The Bertz CT molecular complexity index is 1010. The first kappa shape index (κ1) is 22.3. The smallest absolute Gasteiger partial charge is 0.106 e. The summed E-state index contributed by atoms with van der Waals surface area (Å²) in [6, 6.07) is 20.6. The minimum Gasteiger partial charge on any atom is -0.469 e. The van der Waals surface area contributed by atoms with Crippen molar-refractivity contribution in [2.75, 3.05) is 26.2 Å². The molecule has 1 unspecified atom stereocenters. The van der Waals surface area contributed by atoms with Crippen molar-refractivity contribution < 1.29 is 9.15 Å². The molecule has 4 rings (SSSR count). The zero-order chi connectivity index (χ0) is 22.2. The minimum absolute atomic E-state index is 0.304. The lowest BCUT2D eigenvalue weighted by Gasteiger charge is -2.26. The van der Waals surface area contributed by atoms with Gasteiger partial charge in [0, 0.05) is 12.5 Å². The number of benzene rings is 2. The van der Waals surface area contributed by atoms with Crippen LogP contribution in [0.1, 0.15) is 54.6 Å². The van der Waals surface area contributed by atoms with Gasteiger partial charge in [0.1, 0.15) is 5.76 Å². The van der Waals surface area contributed by atoms with Crippen LogP contribution < -0.4 is 0 Å². The van der Waals surface area contributed by atoms with E-state index >= 15 is 0 Å². The Hall–Kier alpha value is -2.87. The van der Waals surface area contributed by atoms with Crippen molar-refractivity contribution in [2.24, 2.45) is 0 Å². The number of nitriles is 1. The number of rotatable bonds is 9. The van der Waals surface area contributed by atoms with Crippen molar-refractivity contribution in [3.63, 3.8) is 0 Å². The molecule has 4 heteroatoms. The summed E-state index contributed by atoms with van der Waals surface area (Å²) in [5.41, 5.74) is 5.47. The van der Waals surface area contributed by atoms with E-state index in [4.69, 9.17) is 14.4 Å². The van der Waals surface area contributed by atoms with Crippen LogP contribution in [0.2, 0.25) is 0 Å². The number of furan rings is 1. The van der Waals surface area contributed by atoms with E-state index in [0.29, 0.717) is 18.1 Å². The molecule has 3 aromatic rings. The van der Waals surface area contributed by atoms with E-state index in [0.717, 1.165) is 36.5 Å². The van der Waals surface area contributed by atoms with Crippen LogP contribution in [0.5, 0.6) is 0 Å². The molecule has 166 valence electrons. The van der Waals surface area contributed by atoms with Gasteiger partial charge in [0.05, 0.1) is 31.1 Å². The van der Waals surface area contributed by atoms with Gasteiger partial charge in [-0.15, -0.1) is 0 Å². The van der Waals surface area contributed by atoms with Crippen molar-refractivity contribution in [1.29, 1.82) is 5.26 Å². The average molecular weight is 429 g/mol. The molecule has 1 aromatic heterocycles. The molecule has 2 aromatic carbocycles. The fourth-order valence-electron chi connectivity index (χ4n) is 4.44. The minimum atomic E-state index is 0.304. The molecule has 1 aliphatic rings. The van der Waals surface area contributed by atoms with Crippen molar-refractivity contribution >= 4 is 0 Å². The first-order valence-electron chi connectivity index (χ1n) is 11.7. The molecular formula is C28H32N2O2. The largest absolute Gasteiger partial charge is 0.469 e. The average Bonchev–Trinajstić information content (AvgIpc) is 3.39. The second-order valence-electron chi connectivity index (χ2n) is 8.75. The lowest BCUT2D eigenvalue weighted by Crippen LogP contribution is -2.32. The van der Waals surface area contributed by atoms with Crippen LogP contribution in [0.15, 0.2) is 65.3 Å². The van der Waals surface area contributed by atoms with Crippen LogP contribution in [-0.2, 0) is 17.8 Å². The third-order valence-corrected chi connectivity index (χ3v) is 6.37. The molecule has 1 atom stereocenters. The van der Waals surface area contributed by atoms with Crippen molar-refractivity contribution in [3.8, 4) is 17.2 Å². The third kappa shape index (κ3) is 5.88. The van der Waals surface area contributed by atoms with Crippen LogP contribution in [0.3, 0.4) is 0 Å². The Balaban J connectivity index is 1.48. The van der Waals surface area contributed by atoms with E-state index in [1.165, 1.54) is 43.5 Å². The molecular weight excluding hydrogens is 396 g/mol. The summed E-state index contributed by atoms with van der Waals surface area (Å²) < 4.78 is 11.8. The summed E-state index contributed by atoms with van der Waals surface area (Å²) in [6.07, 6.45) is 6.62. The predicted octanol–water partition coefficient (Wildman–Crippen LogP) is 6.17. The summed E-state index contributed by atoms with van der Waals surface area (Å²) in [7, 11) is 0. The standard InChI is InChI=1S/C28H32N2O2/c1-22(28-6-5-16-32-28)18-25-11-12-26(24-9-7-23(20-29)8-10-24)19-27(25)21-31-17-15-30-13-3-2-4-14-30/h5-12,16,19,22H,2-4,13-15,17-18,21H2,1H3. The van der Waals surface area contributed by atoms with Gasteiger partial charge in [-0.05, 0) is 84.9 Å². The number of nitrogens with zero attached hydrogens (tertiary/aromatic N) is 2. The highest BCUT2D eigenvalue weighted by Gasteiger charge is 2.14. The fraction of sp³-hybridized carbons (Fsp3) is 0.393. The maximum absolute atomic E-state index is 9.08. The molecule has 0 aliphatic carbocycles. The van der Waals surface area contributed by atoms with E-state index in [2.05, 4.69) is 36.1 Å². The molecule has 2 heterocycles. The molecule has 0 radical (unpaired) electrons. The summed E-state index contributed by atoms with van der Waals surface area (Å²) >= 11 is 0. The number of piperidine rings is 1. The topological polar surface area (TPSA) is 49.4 Å². The number of likely N-dealkylation sites (tertiary alicyclic amines) is 1. The highest BCUT2D eigenvalue weighted by molar-refractivity contribution is 5.65. The molecule has 0 amide bonds. The first-order valence-corrected chi connectivity index (χ1v) is 11.7. The fourth-order valence-corrected chi connectivity index (χ4v) is 4.44. The number of hydrogen-bond donors (Lipinski definition) is 0. The molecule has 32 heavy (non-hydrogen) atoms. The van der Waals surface area contributed by atoms with E-state index in [9.17, 15) is 0 Å². The Morgan fingerprint density at radius 2 is 1.78 bits per heavy atom. The summed E-state index contributed by atoms with van der Waals surface area (Å²) in [4.78, 5) is 2.51. The lowest BCUT2D eigenvalue weighted by molar-refractivity contribution is 0.0859. The SMILES string of the molecule is CC(Cc1ccc(-c2ccc(C#N)cc2)cc1COCCN1CCCCC1)c1ccco1. The molecule has 4 nitrogen and oxygen atoms in total. The maximum atomic E-state index is 9.08. The highest BCUT2D eigenvalue weighted by atomic mass is 16.5. The molecule has 0 N–H and O–H groups in total. The maximum Gasteiger partial charge on any atom is 0.106 e. The van der Waals surface area contributed by atoms with Crippen LogP contribution in [0.25, 0.3) is 11.1 Å². The Morgan fingerprint density at radius 1 is 1.00 bits per heavy atom. The second-order valence-corrected chi connectivity index (χ2v) is 8.75. The van der Waals surface area contributed by atoms with Gasteiger partial charge in [-0.2, -0.15) is 5.26 Å². The second kappa shape index (κ2) is 11.1. The van der Waals surface area contributed by atoms with Crippen LogP contribution >= 0.6 is 0 Å². The van der Waals surface area contributed by atoms with Gasteiger partial charge in [0.25, 0.3) is 0 Å². The monoisotopic (exact) mass is 428 g/mol. The molecule has 0 spiro atoms. The summed E-state index contributed by atoms with van der Waals surface area (Å²) in [5, 5.41) is 9.08. The first-order chi connectivity index (χ1) is 15.7. The van der Waals surface area contributed by atoms with Crippen molar-refractivity contribution in [1.82, 2.24) is 4.90 Å². The van der Waals surface area contributed by atoms with Gasteiger partial charge in [-0.1, -0.05) is 37.6 Å². The van der Waals surface area contributed by atoms with Crippen LogP contribution in [0, 0.1) is 11.3 Å². The van der Waals surface area contributed by atoms with Gasteiger partial charge in [-0.3, -0.25) is 0 Å². The van der Waals surface area contributed by atoms with E-state index < -0.39 is 0 Å². The molecule has 1 saturated heterocycles. The van der Waals surface area contributed by atoms with Gasteiger partial charge < -0.3 is 14.1 Å². The van der Waals surface area contributed by atoms with Gasteiger partial charge in [0.15, 0.2) is 0 Å². The summed E-state index contributed by atoms with van der Waals surface area (Å²) in [5.74, 6) is 1.32. The molecule has 1 fully saturated rings. The van der Waals surface area contributed by atoms with Crippen molar-refractivity contribution in [3.05, 3.63) is 83.3 Å². The highest BCUT2D eigenvalue weighted by Crippen LogP contribution is 2.28. The number of ether oxygens (including phenoxy) is 1. The normalized spacial score (nSPS) is 15.4. The Labute approximate surface area is 191 Å². The Morgan fingerprint density at radius 3 is 2.50 bits per heavy atom. The van der Waals surface area contributed by atoms with Crippen LogP contribution in [-0.4, -0.2) is 31.1 Å². The molecule has 0 saturated carbocycles. The van der Waals surface area contributed by atoms with E-state index in [-0.39, 0.29) is 0 Å². The summed E-state index contributed by atoms with van der Waals surface area (Å²) in [6.45, 7) is 6.97. The van der Waals surface area contributed by atoms with Gasteiger partial charge >= 0.3 is 0 Å². The number of hydrogen-bond acceptors (Lipinski definition) is 4. The zero-order valence-corrected chi connectivity index (χ0v) is 18.9. The zero-order valence-electron chi connectivity index (χ0n) is 18.9. The lowest BCUT2D eigenvalue weighted by atomic mass is 9.92. The van der Waals surface area contributed by atoms with Crippen LogP contribution in [0.4, 0.5) is 0 Å². The predicted molar refractivity (Wildman–Crippen MR) is 127 cm³/mol. The Kier molecular flexibility index (Phi) is 7.77. The molecule has 0 bridgehead atoms. The van der Waals surface area contributed by atoms with Gasteiger partial charge in [-0.25, -0.2) is 0 Å². The van der Waals surface area contributed by atoms with E-state index in [1.54, 1.807) is 6.26 Å². The van der Waals surface area contributed by atoms with Gasteiger partial charge in [0.2, 0.25) is 0 Å². The van der Waals surface area contributed by atoms with E-state index in [1.807, 2.05) is 36.4 Å². The quantitative estimate of drug-likeness (QED) is 0.383. The third-order valence-electron chi connectivity index (χ3n) is 6.37.